The number of rotatable bonds is 2. The molecule has 3 nitrogen and oxygen atoms in total. The first-order chi connectivity index (χ1) is 7.70. The summed E-state index contributed by atoms with van der Waals surface area (Å²) in [5, 5.41) is 13.7. The number of hydrogen-bond donors (Lipinski definition) is 2. The molecule has 1 aromatic carbocycles. The SMILES string of the molecule is C[C@@H](c1cccc(Cl)c1O)N1CCNCC1. The van der Waals surface area contributed by atoms with Gasteiger partial charge >= 0.3 is 0 Å². The lowest BCUT2D eigenvalue weighted by Gasteiger charge is -2.33. The van der Waals surface area contributed by atoms with E-state index in [1.165, 1.54) is 0 Å². The molecule has 0 radical (unpaired) electrons. The van der Waals surface area contributed by atoms with Crippen molar-refractivity contribution in [3.63, 3.8) is 0 Å². The summed E-state index contributed by atoms with van der Waals surface area (Å²) in [7, 11) is 0. The Morgan fingerprint density at radius 2 is 2.06 bits per heavy atom. The Hall–Kier alpha value is -0.770. The van der Waals surface area contributed by atoms with Crippen LogP contribution < -0.4 is 5.32 Å². The Labute approximate surface area is 101 Å². The van der Waals surface area contributed by atoms with E-state index < -0.39 is 0 Å². The first-order valence-corrected chi connectivity index (χ1v) is 6.00. The molecule has 1 aliphatic heterocycles. The molecule has 0 amide bonds. The van der Waals surface area contributed by atoms with Gasteiger partial charge in [0.15, 0.2) is 0 Å². The maximum Gasteiger partial charge on any atom is 0.138 e. The van der Waals surface area contributed by atoms with Gasteiger partial charge in [-0.15, -0.1) is 0 Å². The molecule has 1 fully saturated rings. The molecule has 2 N–H and O–H groups in total. The molecule has 0 saturated carbocycles. The largest absolute Gasteiger partial charge is 0.506 e. The van der Waals surface area contributed by atoms with Gasteiger partial charge in [-0.25, -0.2) is 0 Å². The fourth-order valence-corrected chi connectivity index (χ4v) is 2.32. The van der Waals surface area contributed by atoms with E-state index in [1.54, 1.807) is 6.07 Å². The van der Waals surface area contributed by atoms with Crippen LogP contribution in [-0.2, 0) is 0 Å². The third-order valence-electron chi connectivity index (χ3n) is 3.17. The average Bonchev–Trinajstić information content (AvgIpc) is 2.33. The van der Waals surface area contributed by atoms with Crippen molar-refractivity contribution in [2.45, 2.75) is 13.0 Å². The van der Waals surface area contributed by atoms with Crippen molar-refractivity contribution in [2.24, 2.45) is 0 Å². The Morgan fingerprint density at radius 1 is 1.38 bits per heavy atom. The number of para-hydroxylation sites is 1. The van der Waals surface area contributed by atoms with Gasteiger partial charge in [0.05, 0.1) is 5.02 Å². The molecule has 2 rings (SSSR count). The Morgan fingerprint density at radius 3 is 2.75 bits per heavy atom. The molecule has 1 heterocycles. The van der Waals surface area contributed by atoms with E-state index >= 15 is 0 Å². The molecule has 88 valence electrons. The van der Waals surface area contributed by atoms with Crippen LogP contribution in [0.1, 0.15) is 18.5 Å². The first-order valence-electron chi connectivity index (χ1n) is 5.62. The number of phenols is 1. The van der Waals surface area contributed by atoms with E-state index in [0.29, 0.717) is 5.02 Å². The van der Waals surface area contributed by atoms with Crippen molar-refractivity contribution in [2.75, 3.05) is 26.2 Å². The van der Waals surface area contributed by atoms with E-state index in [-0.39, 0.29) is 11.8 Å². The number of piperazine rings is 1. The quantitative estimate of drug-likeness (QED) is 0.830. The van der Waals surface area contributed by atoms with Crippen LogP contribution in [0.4, 0.5) is 0 Å². The Kier molecular flexibility index (Phi) is 3.69. The highest BCUT2D eigenvalue weighted by Crippen LogP contribution is 2.33. The van der Waals surface area contributed by atoms with Crippen molar-refractivity contribution in [3.8, 4) is 5.75 Å². The molecule has 0 aliphatic carbocycles. The van der Waals surface area contributed by atoms with Crippen LogP contribution in [0.3, 0.4) is 0 Å². The van der Waals surface area contributed by atoms with Crippen LogP contribution in [0.25, 0.3) is 0 Å². The number of nitrogens with one attached hydrogen (secondary N) is 1. The normalized spacial score (nSPS) is 19.6. The van der Waals surface area contributed by atoms with Crippen LogP contribution in [-0.4, -0.2) is 36.2 Å². The summed E-state index contributed by atoms with van der Waals surface area (Å²) < 4.78 is 0. The zero-order valence-electron chi connectivity index (χ0n) is 9.41. The Bertz CT molecular complexity index is 364. The van der Waals surface area contributed by atoms with Gasteiger partial charge in [0, 0.05) is 37.8 Å². The topological polar surface area (TPSA) is 35.5 Å². The third-order valence-corrected chi connectivity index (χ3v) is 3.47. The maximum absolute atomic E-state index is 9.92. The van der Waals surface area contributed by atoms with Crippen LogP contribution in [0.2, 0.25) is 5.02 Å². The summed E-state index contributed by atoms with van der Waals surface area (Å²) in [6, 6.07) is 5.75. The van der Waals surface area contributed by atoms with E-state index in [9.17, 15) is 5.11 Å². The standard InChI is InChI=1S/C12H17ClN2O/c1-9(15-7-5-14-6-8-15)10-3-2-4-11(13)12(10)16/h2-4,9,14,16H,5-8H2,1H3/t9-/m0/s1. The highest BCUT2D eigenvalue weighted by Gasteiger charge is 2.20. The monoisotopic (exact) mass is 240 g/mol. The number of hydrogen-bond acceptors (Lipinski definition) is 3. The van der Waals surface area contributed by atoms with E-state index in [0.717, 1.165) is 31.7 Å². The second kappa shape index (κ2) is 5.04. The molecule has 0 aromatic heterocycles. The highest BCUT2D eigenvalue weighted by molar-refractivity contribution is 6.32. The Balaban J connectivity index is 2.19. The maximum atomic E-state index is 9.92. The minimum absolute atomic E-state index is 0.209. The first kappa shape index (κ1) is 11.7. The zero-order chi connectivity index (χ0) is 11.5. The van der Waals surface area contributed by atoms with Gasteiger partial charge in [-0.05, 0) is 13.0 Å². The highest BCUT2D eigenvalue weighted by atomic mass is 35.5. The van der Waals surface area contributed by atoms with Crippen molar-refractivity contribution < 1.29 is 5.11 Å². The molecule has 1 aromatic rings. The lowest BCUT2D eigenvalue weighted by Crippen LogP contribution is -2.44. The summed E-state index contributed by atoms with van der Waals surface area (Å²) in [5.74, 6) is 0.218. The summed E-state index contributed by atoms with van der Waals surface area (Å²) in [4.78, 5) is 2.35. The fourth-order valence-electron chi connectivity index (χ4n) is 2.14. The van der Waals surface area contributed by atoms with Gasteiger partial charge in [0.1, 0.15) is 5.75 Å². The fraction of sp³-hybridized carbons (Fsp3) is 0.500. The summed E-state index contributed by atoms with van der Waals surface area (Å²) in [5.41, 5.74) is 0.911. The number of phenolic OH excluding ortho intramolecular Hbond substituents is 1. The van der Waals surface area contributed by atoms with Gasteiger partial charge in [0.25, 0.3) is 0 Å². The summed E-state index contributed by atoms with van der Waals surface area (Å²) in [6.07, 6.45) is 0. The number of benzene rings is 1. The molecule has 4 heteroatoms. The predicted molar refractivity (Wildman–Crippen MR) is 66.0 cm³/mol. The third kappa shape index (κ3) is 2.32. The van der Waals surface area contributed by atoms with Crippen LogP contribution in [0.15, 0.2) is 18.2 Å². The van der Waals surface area contributed by atoms with Gasteiger partial charge in [-0.2, -0.15) is 0 Å². The summed E-state index contributed by atoms with van der Waals surface area (Å²) in [6.45, 7) is 6.13. The van der Waals surface area contributed by atoms with Crippen molar-refractivity contribution in [1.29, 1.82) is 0 Å². The van der Waals surface area contributed by atoms with E-state index in [1.807, 2.05) is 12.1 Å². The molecule has 16 heavy (non-hydrogen) atoms. The number of halogens is 1. The lowest BCUT2D eigenvalue weighted by atomic mass is 10.1. The molecule has 0 bridgehead atoms. The predicted octanol–water partition coefficient (Wildman–Crippen LogP) is 2.01. The molecule has 1 saturated heterocycles. The molecule has 1 aliphatic rings. The minimum Gasteiger partial charge on any atom is -0.506 e. The second-order valence-electron chi connectivity index (χ2n) is 4.14. The van der Waals surface area contributed by atoms with Gasteiger partial charge < -0.3 is 10.4 Å². The molecule has 0 spiro atoms. The molecular formula is C12H17ClN2O. The average molecular weight is 241 g/mol. The molecule has 1 atom stereocenters. The van der Waals surface area contributed by atoms with Crippen molar-refractivity contribution in [1.82, 2.24) is 10.2 Å². The lowest BCUT2D eigenvalue weighted by molar-refractivity contribution is 0.183. The van der Waals surface area contributed by atoms with Crippen molar-refractivity contribution >= 4 is 11.6 Å². The van der Waals surface area contributed by atoms with E-state index in [2.05, 4.69) is 17.1 Å². The van der Waals surface area contributed by atoms with E-state index in [4.69, 9.17) is 11.6 Å². The van der Waals surface area contributed by atoms with Crippen molar-refractivity contribution in [3.05, 3.63) is 28.8 Å². The molecule has 0 unspecified atom stereocenters. The summed E-state index contributed by atoms with van der Waals surface area (Å²) >= 11 is 5.92. The second-order valence-corrected chi connectivity index (χ2v) is 4.55. The molecular weight excluding hydrogens is 224 g/mol. The van der Waals surface area contributed by atoms with Gasteiger partial charge in [0.2, 0.25) is 0 Å². The van der Waals surface area contributed by atoms with Crippen LogP contribution in [0.5, 0.6) is 5.75 Å². The van der Waals surface area contributed by atoms with Crippen LogP contribution in [0, 0.1) is 0 Å². The minimum atomic E-state index is 0.209. The van der Waals surface area contributed by atoms with Gasteiger partial charge in [-0.3, -0.25) is 4.90 Å². The van der Waals surface area contributed by atoms with Gasteiger partial charge in [-0.1, -0.05) is 23.7 Å². The number of aromatic hydroxyl groups is 1. The van der Waals surface area contributed by atoms with Crippen LogP contribution >= 0.6 is 11.6 Å². The number of nitrogens with zero attached hydrogens (tertiary/aromatic N) is 1. The zero-order valence-corrected chi connectivity index (χ0v) is 10.2. The smallest absolute Gasteiger partial charge is 0.138 e.